The summed E-state index contributed by atoms with van der Waals surface area (Å²) in [4.78, 5) is 31.1. The SMILES string of the molecule is COC(=O)CNC(=O)C1CCCCN1.O=C(O)C(F)(F)F. The first kappa shape index (κ1) is 19.2. The van der Waals surface area contributed by atoms with E-state index in [4.69, 9.17) is 9.90 Å². The summed E-state index contributed by atoms with van der Waals surface area (Å²) in [6, 6.07) is -0.145. The number of esters is 1. The summed E-state index contributed by atoms with van der Waals surface area (Å²) >= 11 is 0. The first-order chi connectivity index (χ1) is 9.68. The number of hydrogen-bond acceptors (Lipinski definition) is 5. The van der Waals surface area contributed by atoms with E-state index in [0.717, 1.165) is 25.8 Å². The molecule has 1 rings (SSSR count). The molecule has 1 amide bonds. The molecule has 1 aliphatic heterocycles. The molecule has 1 aliphatic rings. The Hall–Kier alpha value is -1.84. The summed E-state index contributed by atoms with van der Waals surface area (Å²) in [5.74, 6) is -3.29. The topological polar surface area (TPSA) is 105 Å². The van der Waals surface area contributed by atoms with Gasteiger partial charge in [-0.2, -0.15) is 13.2 Å². The molecule has 7 nitrogen and oxygen atoms in total. The molecule has 0 aromatic heterocycles. The van der Waals surface area contributed by atoms with Crippen molar-refractivity contribution >= 4 is 17.8 Å². The van der Waals surface area contributed by atoms with Crippen LogP contribution >= 0.6 is 0 Å². The van der Waals surface area contributed by atoms with Crippen LogP contribution in [0.15, 0.2) is 0 Å². The highest BCUT2D eigenvalue weighted by atomic mass is 19.4. The molecule has 0 bridgehead atoms. The van der Waals surface area contributed by atoms with Crippen LogP contribution in [0.5, 0.6) is 0 Å². The minimum atomic E-state index is -5.08. The van der Waals surface area contributed by atoms with Crippen LogP contribution in [0.4, 0.5) is 13.2 Å². The average Bonchev–Trinajstić information content (AvgIpc) is 2.44. The minimum Gasteiger partial charge on any atom is -0.475 e. The average molecular weight is 314 g/mol. The lowest BCUT2D eigenvalue weighted by Gasteiger charge is -2.22. The lowest BCUT2D eigenvalue weighted by atomic mass is 10.0. The standard InChI is InChI=1S/C9H16N2O3.C2HF3O2/c1-14-8(12)6-11-9(13)7-4-2-3-5-10-7;3-2(4,5)1(6)7/h7,10H,2-6H2,1H3,(H,11,13);(H,6,7). The predicted molar refractivity (Wildman–Crippen MR) is 64.4 cm³/mol. The first-order valence-electron chi connectivity index (χ1n) is 6.06. The maximum atomic E-state index is 11.4. The van der Waals surface area contributed by atoms with Gasteiger partial charge in [-0.05, 0) is 19.4 Å². The van der Waals surface area contributed by atoms with Gasteiger partial charge in [0, 0.05) is 0 Å². The van der Waals surface area contributed by atoms with Crippen molar-refractivity contribution in [2.24, 2.45) is 0 Å². The first-order valence-corrected chi connectivity index (χ1v) is 6.06. The van der Waals surface area contributed by atoms with Crippen molar-refractivity contribution in [1.29, 1.82) is 0 Å². The Morgan fingerprint density at radius 2 is 1.90 bits per heavy atom. The molecular formula is C11H17F3N2O5. The van der Waals surface area contributed by atoms with Gasteiger partial charge in [-0.3, -0.25) is 9.59 Å². The molecule has 0 radical (unpaired) electrons. The Bertz CT molecular complexity index is 367. The van der Waals surface area contributed by atoms with Gasteiger partial charge >= 0.3 is 18.1 Å². The third-order valence-electron chi connectivity index (χ3n) is 2.50. The molecule has 21 heavy (non-hydrogen) atoms. The van der Waals surface area contributed by atoms with E-state index in [9.17, 15) is 22.8 Å². The number of piperidine rings is 1. The van der Waals surface area contributed by atoms with Gasteiger partial charge in [-0.15, -0.1) is 0 Å². The second-order valence-electron chi connectivity index (χ2n) is 4.10. The van der Waals surface area contributed by atoms with E-state index in [-0.39, 0.29) is 18.5 Å². The number of hydrogen-bond donors (Lipinski definition) is 3. The minimum absolute atomic E-state index is 0.0481. The van der Waals surface area contributed by atoms with Crippen molar-refractivity contribution < 1.29 is 37.4 Å². The van der Waals surface area contributed by atoms with Crippen LogP contribution < -0.4 is 10.6 Å². The van der Waals surface area contributed by atoms with Crippen molar-refractivity contribution in [3.8, 4) is 0 Å². The second-order valence-corrected chi connectivity index (χ2v) is 4.10. The van der Waals surface area contributed by atoms with Crippen molar-refractivity contribution in [3.63, 3.8) is 0 Å². The van der Waals surface area contributed by atoms with Crippen LogP contribution in [0, 0.1) is 0 Å². The molecule has 0 aliphatic carbocycles. The highest BCUT2D eigenvalue weighted by Crippen LogP contribution is 2.13. The highest BCUT2D eigenvalue weighted by Gasteiger charge is 2.38. The number of halogens is 3. The molecule has 1 saturated heterocycles. The molecule has 1 unspecified atom stereocenters. The summed E-state index contributed by atoms with van der Waals surface area (Å²) in [5, 5.41) is 12.7. The molecule has 0 aromatic carbocycles. The van der Waals surface area contributed by atoms with Gasteiger partial charge in [0.25, 0.3) is 0 Å². The highest BCUT2D eigenvalue weighted by molar-refractivity contribution is 5.85. The van der Waals surface area contributed by atoms with Crippen molar-refractivity contribution in [2.75, 3.05) is 20.2 Å². The van der Waals surface area contributed by atoms with Gasteiger partial charge < -0.3 is 20.5 Å². The molecular weight excluding hydrogens is 297 g/mol. The van der Waals surface area contributed by atoms with Gasteiger partial charge in [0.1, 0.15) is 6.54 Å². The number of aliphatic carboxylic acids is 1. The molecule has 3 N–H and O–H groups in total. The number of carbonyl (C=O) groups is 3. The lowest BCUT2D eigenvalue weighted by Crippen LogP contribution is -2.47. The number of ether oxygens (including phenoxy) is 1. The predicted octanol–water partition coefficient (Wildman–Crippen LogP) is 0.0510. The Morgan fingerprint density at radius 3 is 2.29 bits per heavy atom. The lowest BCUT2D eigenvalue weighted by molar-refractivity contribution is -0.192. The number of nitrogens with one attached hydrogen (secondary N) is 2. The summed E-state index contributed by atoms with van der Waals surface area (Å²) in [5.41, 5.74) is 0. The zero-order valence-electron chi connectivity index (χ0n) is 11.3. The monoisotopic (exact) mass is 314 g/mol. The molecule has 0 aromatic rings. The maximum Gasteiger partial charge on any atom is 0.490 e. The number of alkyl halides is 3. The van der Waals surface area contributed by atoms with Crippen LogP contribution in [0.3, 0.4) is 0 Å². The number of rotatable bonds is 3. The molecule has 10 heteroatoms. The molecule has 0 saturated carbocycles. The Kier molecular flexibility index (Phi) is 8.36. The van der Waals surface area contributed by atoms with Crippen molar-refractivity contribution in [1.82, 2.24) is 10.6 Å². The summed E-state index contributed by atoms with van der Waals surface area (Å²) < 4.78 is 36.1. The van der Waals surface area contributed by atoms with Gasteiger partial charge in [0.05, 0.1) is 13.2 Å². The van der Waals surface area contributed by atoms with E-state index in [0.29, 0.717) is 0 Å². The van der Waals surface area contributed by atoms with Crippen LogP contribution in [-0.4, -0.2) is 55.4 Å². The number of carbonyl (C=O) groups excluding carboxylic acids is 2. The molecule has 1 heterocycles. The number of carboxylic acids is 1. The van der Waals surface area contributed by atoms with E-state index in [2.05, 4.69) is 15.4 Å². The molecule has 1 fully saturated rings. The van der Waals surface area contributed by atoms with Crippen LogP contribution in [0.25, 0.3) is 0 Å². The van der Waals surface area contributed by atoms with E-state index < -0.39 is 18.1 Å². The maximum absolute atomic E-state index is 11.4. The van der Waals surface area contributed by atoms with E-state index >= 15 is 0 Å². The molecule has 0 spiro atoms. The fourth-order valence-corrected chi connectivity index (χ4v) is 1.43. The number of amides is 1. The third kappa shape index (κ3) is 8.84. The normalized spacial score (nSPS) is 18.0. The van der Waals surface area contributed by atoms with Gasteiger partial charge in [-0.25, -0.2) is 4.79 Å². The van der Waals surface area contributed by atoms with Crippen LogP contribution in [0.2, 0.25) is 0 Å². The summed E-state index contributed by atoms with van der Waals surface area (Å²) in [6.07, 6.45) is -2.07. The van der Waals surface area contributed by atoms with Crippen molar-refractivity contribution in [2.45, 2.75) is 31.5 Å². The Morgan fingerprint density at radius 1 is 1.33 bits per heavy atom. The molecule has 122 valence electrons. The smallest absolute Gasteiger partial charge is 0.475 e. The largest absolute Gasteiger partial charge is 0.490 e. The molecule has 1 atom stereocenters. The fourth-order valence-electron chi connectivity index (χ4n) is 1.43. The van der Waals surface area contributed by atoms with Gasteiger partial charge in [0.15, 0.2) is 0 Å². The quantitative estimate of drug-likeness (QED) is 0.636. The summed E-state index contributed by atoms with van der Waals surface area (Å²) in [7, 11) is 1.30. The van der Waals surface area contributed by atoms with Gasteiger partial charge in [-0.1, -0.05) is 6.42 Å². The number of methoxy groups -OCH3 is 1. The van der Waals surface area contributed by atoms with E-state index in [1.165, 1.54) is 7.11 Å². The second kappa shape index (κ2) is 9.16. The van der Waals surface area contributed by atoms with Crippen LogP contribution in [-0.2, 0) is 19.1 Å². The van der Waals surface area contributed by atoms with Crippen LogP contribution in [0.1, 0.15) is 19.3 Å². The third-order valence-corrected chi connectivity index (χ3v) is 2.50. The zero-order valence-corrected chi connectivity index (χ0v) is 11.3. The summed E-state index contributed by atoms with van der Waals surface area (Å²) in [6.45, 7) is 0.823. The van der Waals surface area contributed by atoms with E-state index in [1.807, 2.05) is 0 Å². The fraction of sp³-hybridized carbons (Fsp3) is 0.727. The Labute approximate surface area is 118 Å². The zero-order chi connectivity index (χ0) is 16.5. The Balaban J connectivity index is 0.000000486. The number of carboxylic acid groups (broad SMARTS) is 1. The van der Waals surface area contributed by atoms with Crippen molar-refractivity contribution in [3.05, 3.63) is 0 Å². The van der Waals surface area contributed by atoms with E-state index in [1.54, 1.807) is 0 Å². The van der Waals surface area contributed by atoms with Gasteiger partial charge in [0.2, 0.25) is 5.91 Å².